The van der Waals surface area contributed by atoms with Crippen molar-refractivity contribution in [2.75, 3.05) is 6.61 Å². The summed E-state index contributed by atoms with van der Waals surface area (Å²) in [7, 11) is 0. The average Bonchev–Trinajstić information content (AvgIpc) is 2.28. The number of rotatable bonds is 5. The molecule has 3 nitrogen and oxygen atoms in total. The molecule has 0 fully saturated rings. The lowest BCUT2D eigenvalue weighted by atomic mass is 10.2. The van der Waals surface area contributed by atoms with E-state index in [1.165, 1.54) is 11.6 Å². The molecular formula is C10H10ClF3N2O. The second-order valence-corrected chi connectivity index (χ2v) is 3.30. The molecule has 1 rings (SSSR count). The third kappa shape index (κ3) is 5.16. The minimum atomic E-state index is -4.41. The molecule has 1 aromatic rings. The van der Waals surface area contributed by atoms with Gasteiger partial charge in [-0.3, -0.25) is 9.82 Å². The van der Waals surface area contributed by atoms with Crippen molar-refractivity contribution in [3.05, 3.63) is 41.2 Å². The summed E-state index contributed by atoms with van der Waals surface area (Å²) < 4.78 is 36.6. The molecule has 94 valence electrons. The van der Waals surface area contributed by atoms with Gasteiger partial charge in [0.05, 0.1) is 6.61 Å². The highest BCUT2D eigenvalue weighted by Gasteiger charge is 2.31. The summed E-state index contributed by atoms with van der Waals surface area (Å²) >= 11 is 5.25. The first-order chi connectivity index (χ1) is 8.04. The summed E-state index contributed by atoms with van der Waals surface area (Å²) in [6.45, 7) is 0.541. The lowest BCUT2D eigenvalue weighted by molar-refractivity contribution is -0.141. The highest BCUT2D eigenvalue weighted by molar-refractivity contribution is 6.25. The largest absolute Gasteiger partial charge is 0.433 e. The molecule has 0 bridgehead atoms. The van der Waals surface area contributed by atoms with Gasteiger partial charge in [0.15, 0.2) is 0 Å². The quantitative estimate of drug-likeness (QED) is 0.657. The highest BCUT2D eigenvalue weighted by Crippen LogP contribution is 2.27. The number of pyridine rings is 1. The highest BCUT2D eigenvalue weighted by atomic mass is 35.5. The van der Waals surface area contributed by atoms with Crippen LogP contribution in [-0.4, -0.2) is 11.6 Å². The van der Waals surface area contributed by atoms with Crippen LogP contribution in [0.15, 0.2) is 29.9 Å². The van der Waals surface area contributed by atoms with Crippen molar-refractivity contribution >= 4 is 11.6 Å². The Morgan fingerprint density at radius 3 is 2.71 bits per heavy atom. The third-order valence-electron chi connectivity index (χ3n) is 1.76. The number of nitrogens with one attached hydrogen (secondary N) is 1. The number of hydroxylamine groups is 1. The molecule has 0 unspecified atom stereocenters. The van der Waals surface area contributed by atoms with Crippen molar-refractivity contribution in [2.24, 2.45) is 0 Å². The predicted octanol–water partition coefficient (Wildman–Crippen LogP) is 2.87. The van der Waals surface area contributed by atoms with Crippen molar-refractivity contribution in [3.63, 3.8) is 0 Å². The van der Waals surface area contributed by atoms with Gasteiger partial charge in [0.2, 0.25) is 0 Å². The van der Waals surface area contributed by atoms with Crippen LogP contribution in [0.25, 0.3) is 0 Å². The van der Waals surface area contributed by atoms with E-state index < -0.39 is 11.9 Å². The van der Waals surface area contributed by atoms with E-state index in [0.717, 1.165) is 12.3 Å². The molecular weight excluding hydrogens is 257 g/mol. The number of halogens is 4. The van der Waals surface area contributed by atoms with Crippen LogP contribution in [0, 0.1) is 0 Å². The van der Waals surface area contributed by atoms with Gasteiger partial charge < -0.3 is 0 Å². The maximum atomic E-state index is 12.2. The van der Waals surface area contributed by atoms with Crippen LogP contribution in [0.3, 0.4) is 0 Å². The fraction of sp³-hybridized carbons (Fsp3) is 0.300. The van der Waals surface area contributed by atoms with E-state index in [4.69, 9.17) is 16.4 Å². The predicted molar refractivity (Wildman–Crippen MR) is 57.0 cm³/mol. The Labute approximate surface area is 101 Å². The number of hydrogen-bond donors (Lipinski definition) is 1. The minimum absolute atomic E-state index is 0.265. The Balaban J connectivity index is 2.41. The standard InChI is InChI=1S/C10H10ClF3N2O/c11-4-1-5-17-16-7-8-2-3-9(15-6-8)10(12,13)14/h1-4,6,16H,5,7H2. The molecule has 0 radical (unpaired) electrons. The zero-order valence-electron chi connectivity index (χ0n) is 8.67. The van der Waals surface area contributed by atoms with Crippen LogP contribution in [-0.2, 0) is 17.6 Å². The fourth-order valence-electron chi connectivity index (χ4n) is 0.975. The Hall–Kier alpha value is -1.11. The van der Waals surface area contributed by atoms with Gasteiger partial charge in [0.25, 0.3) is 0 Å². The lowest BCUT2D eigenvalue weighted by Gasteiger charge is -2.07. The van der Waals surface area contributed by atoms with Gasteiger partial charge in [-0.25, -0.2) is 0 Å². The molecule has 0 aliphatic rings. The Morgan fingerprint density at radius 1 is 1.41 bits per heavy atom. The Kier molecular flexibility index (Phi) is 5.40. The van der Waals surface area contributed by atoms with Gasteiger partial charge in [-0.2, -0.15) is 18.7 Å². The first-order valence-corrected chi connectivity index (χ1v) is 5.09. The van der Waals surface area contributed by atoms with E-state index in [9.17, 15) is 13.2 Å². The summed E-state index contributed by atoms with van der Waals surface area (Å²) in [5.74, 6) is 0. The lowest BCUT2D eigenvalue weighted by Crippen LogP contribution is -2.15. The number of alkyl halides is 3. The zero-order chi connectivity index (χ0) is 12.7. The SMILES string of the molecule is FC(F)(F)c1ccc(CNOCC=CCl)cn1. The van der Waals surface area contributed by atoms with Crippen molar-refractivity contribution in [1.82, 2.24) is 10.5 Å². The molecule has 0 amide bonds. The third-order valence-corrected chi connectivity index (χ3v) is 1.94. The maximum absolute atomic E-state index is 12.2. The molecule has 7 heteroatoms. The maximum Gasteiger partial charge on any atom is 0.433 e. The van der Waals surface area contributed by atoms with E-state index in [0.29, 0.717) is 5.56 Å². The molecule has 0 saturated heterocycles. The van der Waals surface area contributed by atoms with Crippen LogP contribution in [0.1, 0.15) is 11.3 Å². The van der Waals surface area contributed by atoms with Gasteiger partial charge in [0.1, 0.15) is 5.69 Å². The Bertz CT molecular complexity index is 365. The van der Waals surface area contributed by atoms with Crippen molar-refractivity contribution in [3.8, 4) is 0 Å². The van der Waals surface area contributed by atoms with E-state index in [2.05, 4.69) is 10.5 Å². The van der Waals surface area contributed by atoms with Gasteiger partial charge in [-0.1, -0.05) is 17.7 Å². The van der Waals surface area contributed by atoms with Gasteiger partial charge in [0, 0.05) is 18.3 Å². The summed E-state index contributed by atoms with van der Waals surface area (Å²) in [5, 5.41) is 0. The molecule has 0 atom stereocenters. The summed E-state index contributed by atoms with van der Waals surface area (Å²) in [4.78, 5) is 8.21. The molecule has 0 aromatic carbocycles. The van der Waals surface area contributed by atoms with E-state index in [1.807, 2.05) is 0 Å². The van der Waals surface area contributed by atoms with Gasteiger partial charge in [-0.05, 0) is 17.7 Å². The summed E-state index contributed by atoms with van der Waals surface area (Å²) in [6, 6.07) is 2.26. The molecule has 17 heavy (non-hydrogen) atoms. The average molecular weight is 267 g/mol. The fourth-order valence-corrected chi connectivity index (χ4v) is 1.05. The smallest absolute Gasteiger partial charge is 0.297 e. The van der Waals surface area contributed by atoms with E-state index >= 15 is 0 Å². The van der Waals surface area contributed by atoms with Crippen molar-refractivity contribution in [2.45, 2.75) is 12.7 Å². The van der Waals surface area contributed by atoms with Crippen molar-refractivity contribution < 1.29 is 18.0 Å². The molecule has 0 spiro atoms. The molecule has 1 N–H and O–H groups in total. The second kappa shape index (κ2) is 6.58. The summed E-state index contributed by atoms with van der Waals surface area (Å²) in [6.07, 6.45) is -1.69. The molecule has 0 saturated carbocycles. The van der Waals surface area contributed by atoms with Crippen LogP contribution in [0.2, 0.25) is 0 Å². The van der Waals surface area contributed by atoms with E-state index in [-0.39, 0.29) is 13.2 Å². The first kappa shape index (κ1) is 14.0. The molecule has 1 heterocycles. The van der Waals surface area contributed by atoms with Gasteiger partial charge >= 0.3 is 6.18 Å². The second-order valence-electron chi connectivity index (χ2n) is 3.04. The molecule has 0 aliphatic heterocycles. The monoisotopic (exact) mass is 266 g/mol. The van der Waals surface area contributed by atoms with Gasteiger partial charge in [-0.15, -0.1) is 0 Å². The summed E-state index contributed by atoms with van der Waals surface area (Å²) in [5.41, 5.74) is 3.55. The zero-order valence-corrected chi connectivity index (χ0v) is 9.42. The number of aromatic nitrogens is 1. The number of hydrogen-bond acceptors (Lipinski definition) is 3. The molecule has 0 aliphatic carbocycles. The first-order valence-electron chi connectivity index (χ1n) is 4.66. The molecule has 1 aromatic heterocycles. The van der Waals surface area contributed by atoms with Crippen LogP contribution < -0.4 is 5.48 Å². The van der Waals surface area contributed by atoms with Crippen LogP contribution in [0.5, 0.6) is 0 Å². The van der Waals surface area contributed by atoms with Crippen LogP contribution >= 0.6 is 11.6 Å². The minimum Gasteiger partial charge on any atom is -0.297 e. The number of nitrogens with zero attached hydrogens (tertiary/aromatic N) is 1. The topological polar surface area (TPSA) is 34.1 Å². The van der Waals surface area contributed by atoms with E-state index in [1.54, 1.807) is 6.08 Å². The van der Waals surface area contributed by atoms with Crippen molar-refractivity contribution in [1.29, 1.82) is 0 Å². The van der Waals surface area contributed by atoms with Crippen LogP contribution in [0.4, 0.5) is 13.2 Å². The normalized spacial score (nSPS) is 12.2. The Morgan fingerprint density at radius 2 is 2.18 bits per heavy atom.